The number of nitrogens with zero attached hydrogens (tertiary/aromatic N) is 1. The average Bonchev–Trinajstić information content (AvgIpc) is 2.82. The summed E-state index contributed by atoms with van der Waals surface area (Å²) in [5.41, 5.74) is 2.64. The maximum absolute atomic E-state index is 6.14. The Morgan fingerprint density at radius 2 is 2.05 bits per heavy atom. The quantitative estimate of drug-likeness (QED) is 0.874. The van der Waals surface area contributed by atoms with Crippen LogP contribution in [0.3, 0.4) is 0 Å². The highest BCUT2D eigenvalue weighted by Crippen LogP contribution is 2.34. The molecule has 1 N–H and O–H groups in total. The average molecular weight is 290 g/mol. The van der Waals surface area contributed by atoms with Crippen LogP contribution in [-0.4, -0.2) is 29.5 Å². The first-order valence-electron chi connectivity index (χ1n) is 7.41. The van der Waals surface area contributed by atoms with Crippen molar-refractivity contribution >= 4 is 22.5 Å². The molecule has 0 unspecified atom stereocenters. The molecule has 2 aromatic rings. The predicted molar refractivity (Wildman–Crippen MR) is 86.3 cm³/mol. The van der Waals surface area contributed by atoms with Gasteiger partial charge in [-0.15, -0.1) is 0 Å². The molecule has 2 heterocycles. The van der Waals surface area contributed by atoms with Crippen molar-refractivity contribution in [1.82, 2.24) is 9.88 Å². The molecule has 1 radical (unpaired) electrons. The first-order valence-corrected chi connectivity index (χ1v) is 7.79. The first kappa shape index (κ1) is 14.0. The SMILES string of the molecule is C[C](C)CN1CCC(c2c[nH]c3ccc(Cl)cc23)CC1. The molecule has 1 aromatic heterocycles. The molecule has 0 spiro atoms. The van der Waals surface area contributed by atoms with E-state index >= 15 is 0 Å². The Balaban J connectivity index is 1.75. The molecule has 20 heavy (non-hydrogen) atoms. The standard InChI is InChI=1S/C17H22ClN2/c1-12(2)11-20-7-5-13(6-8-20)16-10-19-17-4-3-14(18)9-15(16)17/h3-4,9-10,13,19H,5-8,11H2,1-2H3. The largest absolute Gasteiger partial charge is 0.361 e. The molecule has 0 bridgehead atoms. The fourth-order valence-electron chi connectivity index (χ4n) is 3.30. The minimum atomic E-state index is 0.663. The summed E-state index contributed by atoms with van der Waals surface area (Å²) >= 11 is 6.14. The van der Waals surface area contributed by atoms with Crippen LogP contribution >= 0.6 is 11.6 Å². The van der Waals surface area contributed by atoms with Crippen LogP contribution < -0.4 is 0 Å². The molecular formula is C17H22ClN2. The summed E-state index contributed by atoms with van der Waals surface area (Å²) in [7, 11) is 0. The van der Waals surface area contributed by atoms with E-state index in [1.54, 1.807) is 0 Å². The normalized spacial score (nSPS) is 18.2. The lowest BCUT2D eigenvalue weighted by Crippen LogP contribution is -2.35. The molecule has 1 aliphatic rings. The molecule has 0 amide bonds. The van der Waals surface area contributed by atoms with Gasteiger partial charge in [0.1, 0.15) is 0 Å². The van der Waals surface area contributed by atoms with Gasteiger partial charge in [-0.25, -0.2) is 0 Å². The molecule has 0 aliphatic carbocycles. The highest BCUT2D eigenvalue weighted by Gasteiger charge is 2.23. The molecule has 3 rings (SSSR count). The predicted octanol–water partition coefficient (Wildman–Crippen LogP) is 4.61. The molecule has 2 nitrogen and oxygen atoms in total. The van der Waals surface area contributed by atoms with Gasteiger partial charge in [0.05, 0.1) is 0 Å². The van der Waals surface area contributed by atoms with Crippen LogP contribution in [0.15, 0.2) is 24.4 Å². The third-order valence-electron chi connectivity index (χ3n) is 4.24. The van der Waals surface area contributed by atoms with Crippen molar-refractivity contribution in [2.75, 3.05) is 19.6 Å². The van der Waals surface area contributed by atoms with E-state index in [4.69, 9.17) is 11.6 Å². The number of piperidine rings is 1. The second kappa shape index (κ2) is 5.79. The third-order valence-corrected chi connectivity index (χ3v) is 4.48. The van der Waals surface area contributed by atoms with Crippen LogP contribution in [0, 0.1) is 5.92 Å². The number of benzene rings is 1. The monoisotopic (exact) mass is 289 g/mol. The number of hydrogen-bond donors (Lipinski definition) is 1. The molecular weight excluding hydrogens is 268 g/mol. The van der Waals surface area contributed by atoms with E-state index in [-0.39, 0.29) is 0 Å². The fourth-order valence-corrected chi connectivity index (χ4v) is 3.47. The van der Waals surface area contributed by atoms with Gasteiger partial charge in [0.15, 0.2) is 0 Å². The number of rotatable bonds is 3. The van der Waals surface area contributed by atoms with E-state index in [1.807, 2.05) is 6.07 Å². The van der Waals surface area contributed by atoms with Crippen molar-refractivity contribution in [3.8, 4) is 0 Å². The molecule has 0 atom stereocenters. The minimum absolute atomic E-state index is 0.663. The maximum Gasteiger partial charge on any atom is 0.0457 e. The second-order valence-corrected chi connectivity index (χ2v) is 6.63. The zero-order valence-electron chi connectivity index (χ0n) is 12.2. The van der Waals surface area contributed by atoms with E-state index in [2.05, 4.69) is 42.1 Å². The number of H-pyrrole nitrogens is 1. The zero-order chi connectivity index (χ0) is 14.1. The molecule has 1 aliphatic heterocycles. The number of aromatic nitrogens is 1. The Bertz CT molecular complexity index is 580. The molecule has 107 valence electrons. The van der Waals surface area contributed by atoms with Crippen LogP contribution in [0.4, 0.5) is 0 Å². The van der Waals surface area contributed by atoms with Gasteiger partial charge in [0.25, 0.3) is 0 Å². The van der Waals surface area contributed by atoms with E-state index in [1.165, 1.54) is 48.3 Å². The summed E-state index contributed by atoms with van der Waals surface area (Å²) in [4.78, 5) is 5.94. The number of halogens is 1. The van der Waals surface area contributed by atoms with E-state index in [9.17, 15) is 0 Å². The van der Waals surface area contributed by atoms with E-state index < -0.39 is 0 Å². The Morgan fingerprint density at radius 3 is 2.75 bits per heavy atom. The summed E-state index contributed by atoms with van der Waals surface area (Å²) in [6, 6.07) is 6.12. The number of nitrogens with one attached hydrogen (secondary N) is 1. The Labute approximate surface area is 126 Å². The second-order valence-electron chi connectivity index (χ2n) is 6.19. The van der Waals surface area contributed by atoms with Gasteiger partial charge in [0.2, 0.25) is 0 Å². The van der Waals surface area contributed by atoms with Gasteiger partial charge in [-0.3, -0.25) is 0 Å². The lowest BCUT2D eigenvalue weighted by Gasteiger charge is -2.32. The molecule has 1 aromatic carbocycles. The third kappa shape index (κ3) is 2.87. The molecule has 3 heteroatoms. The maximum atomic E-state index is 6.14. The van der Waals surface area contributed by atoms with Gasteiger partial charge in [-0.2, -0.15) is 0 Å². The van der Waals surface area contributed by atoms with Crippen LogP contribution in [-0.2, 0) is 0 Å². The molecule has 1 saturated heterocycles. The van der Waals surface area contributed by atoms with Gasteiger partial charge in [0, 0.05) is 28.7 Å². The van der Waals surface area contributed by atoms with Crippen molar-refractivity contribution in [2.24, 2.45) is 0 Å². The van der Waals surface area contributed by atoms with Crippen LogP contribution in [0.25, 0.3) is 10.9 Å². The number of likely N-dealkylation sites (tertiary alicyclic amines) is 1. The van der Waals surface area contributed by atoms with Gasteiger partial charge in [-0.1, -0.05) is 25.4 Å². The highest BCUT2D eigenvalue weighted by atomic mass is 35.5. The number of aromatic amines is 1. The van der Waals surface area contributed by atoms with Crippen LogP contribution in [0.5, 0.6) is 0 Å². The summed E-state index contributed by atoms with van der Waals surface area (Å²) in [6.07, 6.45) is 4.66. The lowest BCUT2D eigenvalue weighted by atomic mass is 9.89. The minimum Gasteiger partial charge on any atom is -0.361 e. The van der Waals surface area contributed by atoms with Crippen LogP contribution in [0.2, 0.25) is 5.02 Å². The topological polar surface area (TPSA) is 19.0 Å². The van der Waals surface area contributed by atoms with E-state index in [0.717, 1.165) is 11.6 Å². The Hall–Kier alpha value is -0.990. The first-order chi connectivity index (χ1) is 9.63. The van der Waals surface area contributed by atoms with Crippen molar-refractivity contribution < 1.29 is 0 Å². The summed E-state index contributed by atoms with van der Waals surface area (Å²) in [5.74, 6) is 2.16. The van der Waals surface area contributed by atoms with Gasteiger partial charge >= 0.3 is 0 Å². The lowest BCUT2D eigenvalue weighted by molar-refractivity contribution is 0.220. The van der Waals surface area contributed by atoms with Crippen molar-refractivity contribution in [1.29, 1.82) is 0 Å². The zero-order valence-corrected chi connectivity index (χ0v) is 13.0. The smallest absolute Gasteiger partial charge is 0.0457 e. The van der Waals surface area contributed by atoms with Crippen molar-refractivity contribution in [2.45, 2.75) is 32.6 Å². The summed E-state index contributed by atoms with van der Waals surface area (Å²) in [6.45, 7) is 7.97. The van der Waals surface area contributed by atoms with Gasteiger partial charge in [-0.05, 0) is 61.5 Å². The fraction of sp³-hybridized carbons (Fsp3) is 0.471. The number of fused-ring (bicyclic) bond motifs is 1. The van der Waals surface area contributed by atoms with Crippen molar-refractivity contribution in [3.63, 3.8) is 0 Å². The Morgan fingerprint density at radius 1 is 1.30 bits per heavy atom. The molecule has 1 fully saturated rings. The van der Waals surface area contributed by atoms with Crippen LogP contribution in [0.1, 0.15) is 38.2 Å². The van der Waals surface area contributed by atoms with Crippen molar-refractivity contribution in [3.05, 3.63) is 40.9 Å². The number of hydrogen-bond acceptors (Lipinski definition) is 1. The Kier molecular flexibility index (Phi) is 4.04. The van der Waals surface area contributed by atoms with Gasteiger partial charge < -0.3 is 9.88 Å². The summed E-state index contributed by atoms with van der Waals surface area (Å²) < 4.78 is 0. The highest BCUT2D eigenvalue weighted by molar-refractivity contribution is 6.31. The molecule has 0 saturated carbocycles. The summed E-state index contributed by atoms with van der Waals surface area (Å²) in [5, 5.41) is 2.13. The van der Waals surface area contributed by atoms with E-state index in [0.29, 0.717) is 5.92 Å².